The summed E-state index contributed by atoms with van der Waals surface area (Å²) in [6.07, 6.45) is -20.4. The first-order valence-electron chi connectivity index (χ1n) is 26.9. The van der Waals surface area contributed by atoms with Crippen LogP contribution in [0.25, 0.3) is 23.3 Å². The second kappa shape index (κ2) is 24.6. The molecule has 2 N–H and O–H groups in total. The summed E-state index contributed by atoms with van der Waals surface area (Å²) < 4.78 is 189. The molecule has 1 heterocycles. The van der Waals surface area contributed by atoms with Gasteiger partial charge in [0.2, 0.25) is 0 Å². The number of rotatable bonds is 16. The number of hydrogen-bond acceptors (Lipinski definition) is 6. The Hall–Kier alpha value is -5.96. The van der Waals surface area contributed by atoms with Crippen molar-refractivity contribution in [2.75, 3.05) is 7.11 Å². The minimum absolute atomic E-state index is 0.0981. The van der Waals surface area contributed by atoms with E-state index in [1.54, 1.807) is 50.2 Å². The number of methoxy groups -OCH3 is 1. The van der Waals surface area contributed by atoms with Crippen molar-refractivity contribution in [3.63, 3.8) is 0 Å². The molecule has 5 aromatic carbocycles. The van der Waals surface area contributed by atoms with Crippen LogP contribution in [0.15, 0.2) is 103 Å². The summed E-state index contributed by atoms with van der Waals surface area (Å²) in [5.41, 5.74) is -2.67. The van der Waals surface area contributed by atoms with Gasteiger partial charge in [0.15, 0.2) is 0 Å². The third kappa shape index (κ3) is 13.5. The van der Waals surface area contributed by atoms with Gasteiger partial charge < -0.3 is 24.3 Å². The van der Waals surface area contributed by atoms with E-state index in [-0.39, 0.29) is 35.3 Å². The number of carbonyl (C=O) groups is 1. The molecule has 1 saturated heterocycles. The van der Waals surface area contributed by atoms with E-state index in [0.717, 1.165) is 44.4 Å². The normalized spacial score (nSPS) is 15.5. The predicted octanol–water partition coefficient (Wildman–Crippen LogP) is 16.4. The first kappa shape index (κ1) is 67.8. The van der Waals surface area contributed by atoms with Crippen molar-refractivity contribution in [3.05, 3.63) is 170 Å². The van der Waals surface area contributed by atoms with Gasteiger partial charge in [-0.3, -0.25) is 4.79 Å². The summed E-state index contributed by atoms with van der Waals surface area (Å²) >= 11 is 0. The lowest BCUT2D eigenvalue weighted by Gasteiger charge is -2.34. The van der Waals surface area contributed by atoms with Crippen molar-refractivity contribution in [3.8, 4) is 11.1 Å². The van der Waals surface area contributed by atoms with Crippen molar-refractivity contribution >= 4 is 30.7 Å². The molecule has 1 aliphatic heterocycles. The van der Waals surface area contributed by atoms with E-state index < -0.39 is 76.8 Å². The first-order valence-corrected chi connectivity index (χ1v) is 26.9. The van der Waals surface area contributed by atoms with Crippen molar-refractivity contribution in [2.24, 2.45) is 0 Å². The number of alkyl halides is 12. The van der Waals surface area contributed by atoms with Crippen molar-refractivity contribution in [1.29, 1.82) is 0 Å². The topological polar surface area (TPSA) is 85.2 Å². The fraction of sp³-hybridized carbons (Fsp3) is 0.444. The second-order valence-corrected chi connectivity index (χ2v) is 22.2. The van der Waals surface area contributed by atoms with Crippen LogP contribution in [0.2, 0.25) is 0 Å². The Labute approximate surface area is 476 Å². The molecule has 0 aromatic heterocycles. The summed E-state index contributed by atoms with van der Waals surface area (Å²) in [4.78, 5) is 11.5. The van der Waals surface area contributed by atoms with Gasteiger partial charge in [-0.2, -0.15) is 52.7 Å². The van der Waals surface area contributed by atoms with E-state index >= 15 is 0 Å². The van der Waals surface area contributed by atoms with Crippen LogP contribution in [0.4, 0.5) is 57.1 Å². The minimum Gasteiger partial charge on any atom is -0.469 e. The van der Waals surface area contributed by atoms with Crippen LogP contribution < -0.4 is 5.46 Å². The maximum Gasteiger partial charge on any atom is 0.495 e. The van der Waals surface area contributed by atoms with Gasteiger partial charge in [0, 0.05) is 10.8 Å². The summed E-state index contributed by atoms with van der Waals surface area (Å²) in [6.45, 7) is 23.1. The molecule has 6 rings (SSSR count). The molecule has 0 atom stereocenters. The molecule has 83 heavy (non-hydrogen) atoms. The lowest BCUT2D eigenvalue weighted by Crippen LogP contribution is -2.55. The summed E-state index contributed by atoms with van der Waals surface area (Å²) in [5.74, 6) is -1.08. The van der Waals surface area contributed by atoms with Crippen LogP contribution in [0.3, 0.4) is 0 Å². The minimum atomic E-state index is -5.95. The van der Waals surface area contributed by atoms with Gasteiger partial charge in [-0.05, 0) is 172 Å². The monoisotopic (exact) mass is 1180 g/mol. The quantitative estimate of drug-likeness (QED) is 0.0582. The van der Waals surface area contributed by atoms with Crippen LogP contribution in [-0.2, 0) is 36.1 Å². The maximum atomic E-state index is 14.7. The summed E-state index contributed by atoms with van der Waals surface area (Å²) in [6, 6.07) is 26.3. The Morgan fingerprint density at radius 1 is 0.530 bits per heavy atom. The van der Waals surface area contributed by atoms with Crippen LogP contribution in [0, 0.1) is 33.5 Å². The van der Waals surface area contributed by atoms with E-state index in [9.17, 15) is 72.1 Å². The van der Waals surface area contributed by atoms with Gasteiger partial charge in [-0.25, -0.2) is 4.39 Å². The Balaban J connectivity index is 0.000000305. The molecule has 6 nitrogen and oxygen atoms in total. The smallest absolute Gasteiger partial charge is 0.469 e. The van der Waals surface area contributed by atoms with Crippen LogP contribution >= 0.6 is 0 Å². The predicted molar refractivity (Wildman–Crippen MR) is 296 cm³/mol. The van der Waals surface area contributed by atoms with E-state index in [1.807, 2.05) is 99.6 Å². The third-order valence-electron chi connectivity index (χ3n) is 16.8. The number of halogens is 13. The van der Waals surface area contributed by atoms with Crippen molar-refractivity contribution in [1.82, 2.24) is 0 Å². The summed E-state index contributed by atoms with van der Waals surface area (Å²) in [5, 5.41) is 18.9. The highest BCUT2D eigenvalue weighted by molar-refractivity contribution is 6.62. The zero-order chi connectivity index (χ0) is 62.9. The standard InChI is InChI=1S/C33H33F7O3.C30H37BF6O3/c1-6-30(7-2,25-11-10-22(20(3)16-25)14-15-31(42,32(35,36)37)33(38,39)40)26-12-13-27(21(4)17-26)23-8-9-24(28(34)18-23)19-29(41)43-5;1-9-27(10-2,23-13-14-24(20(4)18-23)31-39-25(5,6)26(7,8)40-31)22-12-11-21(19(3)17-22)15-16-28(38,29(32,33)34)30(35,36)37/h8-18,42H,6-7,19H2,1-5H3;11-18,38H,9-10H2,1-8H3/b15-14+;16-15+. The molecule has 0 unspecified atom stereocenters. The van der Waals surface area contributed by atoms with E-state index in [2.05, 4.69) is 10.8 Å². The van der Waals surface area contributed by atoms with Crippen LogP contribution in [0.1, 0.15) is 142 Å². The zero-order valence-electron chi connectivity index (χ0n) is 48.5. The fourth-order valence-corrected chi connectivity index (χ4v) is 10.5. The number of aliphatic hydroxyl groups is 2. The first-order chi connectivity index (χ1) is 38.1. The molecule has 0 radical (unpaired) electrons. The maximum absolute atomic E-state index is 14.7. The highest BCUT2D eigenvalue weighted by atomic mass is 19.4. The molecule has 1 fully saturated rings. The third-order valence-corrected chi connectivity index (χ3v) is 16.8. The highest BCUT2D eigenvalue weighted by Gasteiger charge is 2.70. The number of carbonyl (C=O) groups excluding carboxylic acids is 1. The van der Waals surface area contributed by atoms with E-state index in [4.69, 9.17) is 9.31 Å². The molecule has 0 amide bonds. The number of hydrogen-bond donors (Lipinski definition) is 2. The van der Waals surface area contributed by atoms with Crippen LogP contribution in [0.5, 0.6) is 0 Å². The number of aryl methyl sites for hydroxylation is 4. The Morgan fingerprint density at radius 3 is 1.22 bits per heavy atom. The molecule has 0 bridgehead atoms. The van der Waals surface area contributed by atoms with E-state index in [1.165, 1.54) is 25.3 Å². The van der Waals surface area contributed by atoms with Gasteiger partial charge in [0.05, 0.1) is 24.7 Å². The molecule has 452 valence electrons. The lowest BCUT2D eigenvalue weighted by molar-refractivity contribution is -0.348. The van der Waals surface area contributed by atoms with Crippen molar-refractivity contribution < 1.29 is 86.1 Å². The molecule has 0 aliphatic carbocycles. The van der Waals surface area contributed by atoms with Crippen molar-refractivity contribution in [2.45, 2.75) is 173 Å². The number of esters is 1. The van der Waals surface area contributed by atoms with Gasteiger partial charge in [-0.15, -0.1) is 0 Å². The second-order valence-electron chi connectivity index (χ2n) is 22.2. The molecule has 0 saturated carbocycles. The highest BCUT2D eigenvalue weighted by Crippen LogP contribution is 2.48. The Morgan fingerprint density at radius 2 is 0.892 bits per heavy atom. The number of ether oxygens (including phenoxy) is 1. The van der Waals surface area contributed by atoms with Gasteiger partial charge in [0.25, 0.3) is 11.2 Å². The molecule has 5 aromatic rings. The molecule has 1 aliphatic rings. The largest absolute Gasteiger partial charge is 0.495 e. The molecular weight excluding hydrogens is 1110 g/mol. The SMILES string of the molecule is CCC(CC)(c1ccc(/C=C/C(O)(C(F)(F)F)C(F)(F)F)c(C)c1)c1ccc(-c2ccc(CC(=O)OC)c(F)c2)c(C)c1.CCC(CC)(c1ccc(/C=C/C(O)(C(F)(F)F)C(F)(F)F)c(C)c1)c1ccc(B2OC(C)(C)C(C)(C)O2)c(C)c1. The fourth-order valence-electron chi connectivity index (χ4n) is 10.5. The van der Waals surface area contributed by atoms with Gasteiger partial charge in [-0.1, -0.05) is 130 Å². The number of benzene rings is 5. The Kier molecular flexibility index (Phi) is 20.1. The average Bonchev–Trinajstić information content (AvgIpc) is 3.91. The van der Waals surface area contributed by atoms with Crippen LogP contribution in [-0.4, -0.2) is 77.5 Å². The molecular formula is C63H70BF13O6. The molecule has 20 heteroatoms. The van der Waals surface area contributed by atoms with Gasteiger partial charge in [0.1, 0.15) is 5.82 Å². The Bertz CT molecular complexity index is 3140. The lowest BCUT2D eigenvalue weighted by atomic mass is 9.68. The average molecular weight is 1180 g/mol. The summed E-state index contributed by atoms with van der Waals surface area (Å²) in [7, 11) is 0.715. The zero-order valence-corrected chi connectivity index (χ0v) is 48.5. The van der Waals surface area contributed by atoms with E-state index in [0.29, 0.717) is 54.5 Å². The molecule has 0 spiro atoms. The van der Waals surface area contributed by atoms with Gasteiger partial charge >= 0.3 is 37.8 Å².